The molecule has 0 saturated carbocycles. The van der Waals surface area contributed by atoms with Crippen LogP contribution in [0.15, 0.2) is 48.7 Å². The largest absolute Gasteiger partial charge is 0.366 e. The maximum atomic E-state index is 12.2. The molecule has 26 heavy (non-hydrogen) atoms. The van der Waals surface area contributed by atoms with Crippen molar-refractivity contribution in [2.75, 3.05) is 18.4 Å². The highest BCUT2D eigenvalue weighted by Gasteiger charge is 2.22. The average Bonchev–Trinajstić information content (AvgIpc) is 3.31. The lowest BCUT2D eigenvalue weighted by molar-refractivity contribution is -0.119. The molecular formula is C19H19N5O2. The summed E-state index contributed by atoms with van der Waals surface area (Å²) in [5.41, 5.74) is 7.97. The third-order valence-electron chi connectivity index (χ3n) is 4.63. The molecule has 2 aromatic carbocycles. The monoisotopic (exact) mass is 349 g/mol. The number of benzene rings is 2. The Hall–Kier alpha value is -3.19. The molecule has 0 unspecified atom stereocenters. The molecule has 0 bridgehead atoms. The topological polar surface area (TPSA) is 102 Å². The van der Waals surface area contributed by atoms with Crippen LogP contribution < -0.4 is 16.4 Å². The van der Waals surface area contributed by atoms with E-state index in [4.69, 9.17) is 5.73 Å². The van der Waals surface area contributed by atoms with Crippen molar-refractivity contribution in [2.24, 2.45) is 11.7 Å². The molecule has 2 amide bonds. The summed E-state index contributed by atoms with van der Waals surface area (Å²) in [7, 11) is 0. The van der Waals surface area contributed by atoms with Gasteiger partial charge in [-0.15, -0.1) is 0 Å². The van der Waals surface area contributed by atoms with Crippen molar-refractivity contribution < 1.29 is 9.59 Å². The fraction of sp³-hybridized carbons (Fsp3) is 0.211. The van der Waals surface area contributed by atoms with Crippen molar-refractivity contribution in [3.05, 3.63) is 54.2 Å². The number of carbonyl (C=O) groups is 2. The summed E-state index contributed by atoms with van der Waals surface area (Å²) in [5, 5.41) is 11.5. The van der Waals surface area contributed by atoms with Gasteiger partial charge in [0.25, 0.3) is 5.91 Å². The molecule has 1 saturated heterocycles. The van der Waals surface area contributed by atoms with Crippen LogP contribution in [-0.2, 0) is 4.79 Å². The molecule has 1 fully saturated rings. The third-order valence-corrected chi connectivity index (χ3v) is 4.63. The molecule has 1 aromatic heterocycles. The molecule has 1 aliphatic rings. The van der Waals surface area contributed by atoms with Gasteiger partial charge in [-0.05, 0) is 43.3 Å². The van der Waals surface area contributed by atoms with Crippen molar-refractivity contribution in [3.8, 4) is 5.69 Å². The standard InChI is InChI=1S/C19H19N5O2/c20-18(25)16-3-1-2-13-11-24(23-17(13)16)15-6-4-14(5-7-15)22-19(26)12-8-9-21-10-12/h1-7,11-12,21H,8-10H2,(H2,20,25)(H,22,26)/t12-/m1/s1. The number of nitrogens with two attached hydrogens (primary N) is 1. The number of amides is 2. The summed E-state index contributed by atoms with van der Waals surface area (Å²) >= 11 is 0. The number of primary amides is 1. The second-order valence-corrected chi connectivity index (χ2v) is 6.41. The Labute approximate surface area is 150 Å². The molecule has 1 atom stereocenters. The molecule has 7 nitrogen and oxygen atoms in total. The van der Waals surface area contributed by atoms with Crippen molar-refractivity contribution in [1.29, 1.82) is 0 Å². The van der Waals surface area contributed by atoms with Crippen LogP contribution in [0.2, 0.25) is 0 Å². The molecule has 132 valence electrons. The van der Waals surface area contributed by atoms with E-state index in [1.165, 1.54) is 0 Å². The number of nitrogens with zero attached hydrogens (tertiary/aromatic N) is 2. The van der Waals surface area contributed by atoms with Crippen LogP contribution in [0.3, 0.4) is 0 Å². The number of nitrogens with one attached hydrogen (secondary N) is 2. The lowest BCUT2D eigenvalue weighted by Crippen LogP contribution is -2.24. The van der Waals surface area contributed by atoms with Crippen LogP contribution in [0.25, 0.3) is 16.6 Å². The van der Waals surface area contributed by atoms with Gasteiger partial charge in [-0.2, -0.15) is 5.10 Å². The predicted octanol–water partition coefficient (Wildman–Crippen LogP) is 1.67. The van der Waals surface area contributed by atoms with Gasteiger partial charge in [-0.1, -0.05) is 12.1 Å². The maximum Gasteiger partial charge on any atom is 0.250 e. The summed E-state index contributed by atoms with van der Waals surface area (Å²) in [6, 6.07) is 12.8. The lowest BCUT2D eigenvalue weighted by Gasteiger charge is -2.10. The molecule has 0 radical (unpaired) electrons. The Morgan fingerprint density at radius 3 is 2.69 bits per heavy atom. The number of rotatable bonds is 4. The number of hydrogen-bond donors (Lipinski definition) is 3. The second kappa shape index (κ2) is 6.61. The zero-order valence-electron chi connectivity index (χ0n) is 14.1. The number of aromatic nitrogens is 2. The normalized spacial score (nSPS) is 16.7. The molecule has 2 heterocycles. The van der Waals surface area contributed by atoms with Gasteiger partial charge in [0, 0.05) is 23.8 Å². The minimum absolute atomic E-state index is 0.0262. The maximum absolute atomic E-state index is 12.2. The van der Waals surface area contributed by atoms with Crippen molar-refractivity contribution in [2.45, 2.75) is 6.42 Å². The highest BCUT2D eigenvalue weighted by atomic mass is 16.2. The van der Waals surface area contributed by atoms with Crippen LogP contribution in [-0.4, -0.2) is 34.7 Å². The van der Waals surface area contributed by atoms with Crippen LogP contribution in [0.1, 0.15) is 16.8 Å². The van der Waals surface area contributed by atoms with Gasteiger partial charge in [0.1, 0.15) is 5.52 Å². The second-order valence-electron chi connectivity index (χ2n) is 6.41. The average molecular weight is 349 g/mol. The van der Waals surface area contributed by atoms with E-state index in [1.54, 1.807) is 16.8 Å². The molecule has 3 aromatic rings. The first-order valence-corrected chi connectivity index (χ1v) is 8.52. The Kier molecular flexibility index (Phi) is 4.14. The molecule has 1 aliphatic heterocycles. The minimum Gasteiger partial charge on any atom is -0.366 e. The van der Waals surface area contributed by atoms with E-state index in [0.717, 1.165) is 36.3 Å². The molecule has 0 aliphatic carbocycles. The first kappa shape index (κ1) is 16.3. The molecule has 7 heteroatoms. The number of anilines is 1. The molecule has 4 N–H and O–H groups in total. The van der Waals surface area contributed by atoms with Crippen molar-refractivity contribution in [1.82, 2.24) is 15.1 Å². The zero-order valence-corrected chi connectivity index (χ0v) is 14.1. The highest BCUT2D eigenvalue weighted by molar-refractivity contribution is 6.04. The predicted molar refractivity (Wildman–Crippen MR) is 99.2 cm³/mol. The summed E-state index contributed by atoms with van der Waals surface area (Å²) in [6.07, 6.45) is 2.71. The zero-order chi connectivity index (χ0) is 18.1. The van der Waals surface area contributed by atoms with Gasteiger partial charge in [0.2, 0.25) is 5.91 Å². The summed E-state index contributed by atoms with van der Waals surface area (Å²) in [5.74, 6) is -0.433. The number of hydrogen-bond acceptors (Lipinski definition) is 4. The Balaban J connectivity index is 1.57. The first-order valence-electron chi connectivity index (χ1n) is 8.52. The molecule has 4 rings (SSSR count). The van der Waals surface area contributed by atoms with Crippen LogP contribution in [0, 0.1) is 5.92 Å². The van der Waals surface area contributed by atoms with Crippen LogP contribution >= 0.6 is 0 Å². The number of fused-ring (bicyclic) bond motifs is 1. The van der Waals surface area contributed by atoms with Gasteiger partial charge in [0.15, 0.2) is 0 Å². The number of carbonyl (C=O) groups excluding carboxylic acids is 2. The van der Waals surface area contributed by atoms with Gasteiger partial charge < -0.3 is 16.4 Å². The van der Waals surface area contributed by atoms with E-state index in [0.29, 0.717) is 11.1 Å². The van der Waals surface area contributed by atoms with Gasteiger partial charge >= 0.3 is 0 Å². The summed E-state index contributed by atoms with van der Waals surface area (Å²) in [6.45, 7) is 1.61. The van der Waals surface area contributed by atoms with E-state index in [1.807, 2.05) is 36.5 Å². The van der Waals surface area contributed by atoms with Crippen molar-refractivity contribution in [3.63, 3.8) is 0 Å². The van der Waals surface area contributed by atoms with Gasteiger partial charge in [-0.3, -0.25) is 9.59 Å². The van der Waals surface area contributed by atoms with E-state index < -0.39 is 5.91 Å². The fourth-order valence-electron chi connectivity index (χ4n) is 3.20. The van der Waals surface area contributed by atoms with Crippen LogP contribution in [0.5, 0.6) is 0 Å². The summed E-state index contributed by atoms with van der Waals surface area (Å²) < 4.78 is 1.70. The van der Waals surface area contributed by atoms with Gasteiger partial charge in [0.05, 0.1) is 17.2 Å². The Morgan fingerprint density at radius 1 is 1.19 bits per heavy atom. The third kappa shape index (κ3) is 3.04. The fourth-order valence-corrected chi connectivity index (χ4v) is 3.20. The quantitative estimate of drug-likeness (QED) is 0.667. The highest BCUT2D eigenvalue weighted by Crippen LogP contribution is 2.21. The van der Waals surface area contributed by atoms with E-state index in [2.05, 4.69) is 15.7 Å². The van der Waals surface area contributed by atoms with Gasteiger partial charge in [-0.25, -0.2) is 4.68 Å². The van der Waals surface area contributed by atoms with Crippen LogP contribution in [0.4, 0.5) is 5.69 Å². The minimum atomic E-state index is -0.500. The van der Waals surface area contributed by atoms with Crippen molar-refractivity contribution >= 4 is 28.4 Å². The van der Waals surface area contributed by atoms with E-state index >= 15 is 0 Å². The first-order chi connectivity index (χ1) is 12.6. The Morgan fingerprint density at radius 2 is 2.00 bits per heavy atom. The smallest absolute Gasteiger partial charge is 0.250 e. The molecular weight excluding hydrogens is 330 g/mol. The van der Waals surface area contributed by atoms with E-state index in [-0.39, 0.29) is 11.8 Å². The van der Waals surface area contributed by atoms with E-state index in [9.17, 15) is 9.59 Å². The lowest BCUT2D eigenvalue weighted by atomic mass is 10.1. The SMILES string of the molecule is NC(=O)c1cccc2cn(-c3ccc(NC(=O)[C@@H]4CCNC4)cc3)nc12. The summed E-state index contributed by atoms with van der Waals surface area (Å²) in [4.78, 5) is 23.7. The Bertz CT molecular complexity index is 971. The molecule has 0 spiro atoms.